The van der Waals surface area contributed by atoms with Gasteiger partial charge in [-0.25, -0.2) is 8.42 Å². The number of hydrogen-bond acceptors (Lipinski definition) is 3. The van der Waals surface area contributed by atoms with Crippen molar-refractivity contribution in [1.29, 1.82) is 0 Å². The highest BCUT2D eigenvalue weighted by Crippen LogP contribution is 2.14. The largest absolute Gasteiger partial charge is 0.347 e. The Morgan fingerprint density at radius 1 is 1.14 bits per heavy atom. The van der Waals surface area contributed by atoms with E-state index in [-0.39, 0.29) is 4.90 Å². The number of aryl methyl sites for hydroxylation is 3. The topological polar surface area (TPSA) is 80.2 Å². The van der Waals surface area contributed by atoms with E-state index in [4.69, 9.17) is 0 Å². The molecule has 0 aliphatic carbocycles. The first-order chi connectivity index (χ1) is 9.81. The summed E-state index contributed by atoms with van der Waals surface area (Å²) < 4.78 is 25.8. The molecule has 1 heterocycles. The summed E-state index contributed by atoms with van der Waals surface area (Å²) in [5.41, 5.74) is 4.43. The fourth-order valence-corrected chi connectivity index (χ4v) is 2.74. The van der Waals surface area contributed by atoms with Gasteiger partial charge in [-0.2, -0.15) is 0 Å². The zero-order valence-electron chi connectivity index (χ0n) is 12.0. The van der Waals surface area contributed by atoms with E-state index >= 15 is 0 Å². The Labute approximate surface area is 123 Å². The number of aromatic nitrogens is 1. The van der Waals surface area contributed by atoms with E-state index in [9.17, 15) is 13.2 Å². The molecular formula is C14H17N3O3S. The first-order valence-corrected chi connectivity index (χ1v) is 7.80. The van der Waals surface area contributed by atoms with Crippen LogP contribution in [-0.2, 0) is 17.1 Å². The maximum atomic E-state index is 12.1. The molecule has 7 heteroatoms. The minimum atomic E-state index is -3.79. The van der Waals surface area contributed by atoms with Gasteiger partial charge in [0.25, 0.3) is 15.9 Å². The lowest BCUT2D eigenvalue weighted by Crippen LogP contribution is -2.42. The summed E-state index contributed by atoms with van der Waals surface area (Å²) in [6, 6.07) is 8.08. The molecule has 0 bridgehead atoms. The van der Waals surface area contributed by atoms with Crippen LogP contribution < -0.4 is 10.3 Å². The van der Waals surface area contributed by atoms with Crippen molar-refractivity contribution in [2.45, 2.75) is 18.7 Å². The number of benzene rings is 1. The van der Waals surface area contributed by atoms with Crippen LogP contribution in [0.4, 0.5) is 0 Å². The number of carbonyl (C=O) groups excluding carboxylic acids is 1. The molecule has 1 aromatic heterocycles. The number of carbonyl (C=O) groups is 1. The van der Waals surface area contributed by atoms with Gasteiger partial charge in [-0.3, -0.25) is 10.2 Å². The SMILES string of the molecule is Cc1ccc(S(=O)(=O)NNC(=O)c2cccn2C)cc1C. The number of sulfonamides is 1. The Bertz CT molecular complexity index is 779. The molecule has 2 rings (SSSR count). The van der Waals surface area contributed by atoms with Gasteiger partial charge in [-0.1, -0.05) is 6.07 Å². The summed E-state index contributed by atoms with van der Waals surface area (Å²) in [5.74, 6) is -0.519. The molecule has 0 unspecified atom stereocenters. The average Bonchev–Trinajstić information content (AvgIpc) is 2.85. The van der Waals surface area contributed by atoms with Gasteiger partial charge in [-0.05, 0) is 49.2 Å². The highest BCUT2D eigenvalue weighted by Gasteiger charge is 2.17. The van der Waals surface area contributed by atoms with E-state index in [0.29, 0.717) is 5.69 Å². The predicted octanol–water partition coefficient (Wildman–Crippen LogP) is 1.27. The molecule has 6 nitrogen and oxygen atoms in total. The van der Waals surface area contributed by atoms with Crippen LogP contribution >= 0.6 is 0 Å². The molecule has 0 saturated heterocycles. The normalized spacial score (nSPS) is 11.4. The molecule has 2 N–H and O–H groups in total. The molecule has 1 aromatic carbocycles. The fourth-order valence-electron chi connectivity index (χ4n) is 1.81. The zero-order chi connectivity index (χ0) is 15.6. The van der Waals surface area contributed by atoms with Gasteiger partial charge in [0.15, 0.2) is 0 Å². The lowest BCUT2D eigenvalue weighted by molar-refractivity contribution is 0.0937. The van der Waals surface area contributed by atoms with Crippen molar-refractivity contribution in [3.63, 3.8) is 0 Å². The Balaban J connectivity index is 2.13. The standard InChI is InChI=1S/C14H17N3O3S/c1-10-6-7-12(9-11(10)2)21(19,20)16-15-14(18)13-5-4-8-17(13)3/h4-9,16H,1-3H3,(H,15,18). The van der Waals surface area contributed by atoms with Crippen molar-refractivity contribution < 1.29 is 13.2 Å². The quantitative estimate of drug-likeness (QED) is 0.835. The number of hydrazine groups is 1. The maximum Gasteiger partial charge on any atom is 0.282 e. The lowest BCUT2D eigenvalue weighted by atomic mass is 10.1. The second-order valence-corrected chi connectivity index (χ2v) is 6.49. The summed E-state index contributed by atoms with van der Waals surface area (Å²) in [6.45, 7) is 3.73. The van der Waals surface area contributed by atoms with Crippen LogP contribution in [0.2, 0.25) is 0 Å². The molecule has 0 saturated carbocycles. The summed E-state index contributed by atoms with van der Waals surface area (Å²) in [6.07, 6.45) is 1.70. The van der Waals surface area contributed by atoms with E-state index in [1.807, 2.05) is 13.8 Å². The highest BCUT2D eigenvalue weighted by atomic mass is 32.2. The molecule has 0 aliphatic rings. The molecule has 0 spiro atoms. The van der Waals surface area contributed by atoms with Crippen molar-refractivity contribution in [3.8, 4) is 0 Å². The molecule has 1 amide bonds. The number of rotatable bonds is 4. The highest BCUT2D eigenvalue weighted by molar-refractivity contribution is 7.89. The number of nitrogens with one attached hydrogen (secondary N) is 2. The molecule has 21 heavy (non-hydrogen) atoms. The Kier molecular flexibility index (Phi) is 4.15. The maximum absolute atomic E-state index is 12.1. The van der Waals surface area contributed by atoms with Crippen LogP contribution in [0.15, 0.2) is 41.4 Å². The molecular weight excluding hydrogens is 290 g/mol. The van der Waals surface area contributed by atoms with Crippen LogP contribution in [0.5, 0.6) is 0 Å². The first-order valence-electron chi connectivity index (χ1n) is 6.32. The van der Waals surface area contributed by atoms with Crippen molar-refractivity contribution in [2.75, 3.05) is 0 Å². The van der Waals surface area contributed by atoms with Gasteiger partial charge in [0.05, 0.1) is 4.90 Å². The smallest absolute Gasteiger partial charge is 0.282 e. The fraction of sp³-hybridized carbons (Fsp3) is 0.214. The van der Waals surface area contributed by atoms with Crippen LogP contribution in [0, 0.1) is 13.8 Å². The molecule has 0 fully saturated rings. The Morgan fingerprint density at radius 2 is 1.86 bits per heavy atom. The predicted molar refractivity (Wildman–Crippen MR) is 79.1 cm³/mol. The summed E-state index contributed by atoms with van der Waals surface area (Å²) >= 11 is 0. The van der Waals surface area contributed by atoms with E-state index in [1.54, 1.807) is 42.1 Å². The molecule has 0 aliphatic heterocycles. The second kappa shape index (κ2) is 5.71. The Hall–Kier alpha value is -2.12. The third kappa shape index (κ3) is 3.32. The van der Waals surface area contributed by atoms with Crippen molar-refractivity contribution in [1.82, 2.24) is 14.8 Å². The third-order valence-corrected chi connectivity index (χ3v) is 4.51. The van der Waals surface area contributed by atoms with Crippen molar-refractivity contribution in [3.05, 3.63) is 53.3 Å². The van der Waals surface area contributed by atoms with Gasteiger partial charge < -0.3 is 4.57 Å². The lowest BCUT2D eigenvalue weighted by Gasteiger charge is -2.10. The van der Waals surface area contributed by atoms with Crippen molar-refractivity contribution >= 4 is 15.9 Å². The minimum absolute atomic E-state index is 0.109. The molecule has 2 aromatic rings. The van der Waals surface area contributed by atoms with E-state index in [0.717, 1.165) is 11.1 Å². The molecule has 0 radical (unpaired) electrons. The van der Waals surface area contributed by atoms with Crippen molar-refractivity contribution in [2.24, 2.45) is 7.05 Å². The van der Waals surface area contributed by atoms with E-state index in [2.05, 4.69) is 10.3 Å². The third-order valence-electron chi connectivity index (χ3n) is 3.26. The van der Waals surface area contributed by atoms with Gasteiger partial charge in [0, 0.05) is 13.2 Å². The summed E-state index contributed by atoms with van der Waals surface area (Å²) in [7, 11) is -2.09. The van der Waals surface area contributed by atoms with E-state index < -0.39 is 15.9 Å². The van der Waals surface area contributed by atoms with Crippen LogP contribution in [0.25, 0.3) is 0 Å². The zero-order valence-corrected chi connectivity index (χ0v) is 12.9. The van der Waals surface area contributed by atoms with Gasteiger partial charge >= 0.3 is 0 Å². The van der Waals surface area contributed by atoms with Gasteiger partial charge in [-0.15, -0.1) is 4.83 Å². The first kappa shape index (κ1) is 15.3. The number of hydrogen-bond donors (Lipinski definition) is 2. The van der Waals surface area contributed by atoms with Gasteiger partial charge in [0.2, 0.25) is 0 Å². The summed E-state index contributed by atoms with van der Waals surface area (Å²) in [5, 5.41) is 0. The number of nitrogens with zero attached hydrogens (tertiary/aromatic N) is 1. The Morgan fingerprint density at radius 3 is 2.43 bits per heavy atom. The molecule has 112 valence electrons. The van der Waals surface area contributed by atoms with Crippen LogP contribution in [0.3, 0.4) is 0 Å². The summed E-state index contributed by atoms with van der Waals surface area (Å²) in [4.78, 5) is 14.1. The van der Waals surface area contributed by atoms with Crippen LogP contribution in [-0.4, -0.2) is 18.9 Å². The van der Waals surface area contributed by atoms with E-state index in [1.165, 1.54) is 6.07 Å². The average molecular weight is 307 g/mol. The van der Waals surface area contributed by atoms with Crippen LogP contribution in [0.1, 0.15) is 21.6 Å². The molecule has 0 atom stereocenters. The van der Waals surface area contributed by atoms with Gasteiger partial charge in [0.1, 0.15) is 5.69 Å². The minimum Gasteiger partial charge on any atom is -0.347 e. The second-order valence-electron chi connectivity index (χ2n) is 4.81. The number of amides is 1. The monoisotopic (exact) mass is 307 g/mol.